The van der Waals surface area contributed by atoms with Crippen molar-refractivity contribution in [3.05, 3.63) is 35.9 Å². The van der Waals surface area contributed by atoms with Crippen LogP contribution < -0.4 is 0 Å². The van der Waals surface area contributed by atoms with Gasteiger partial charge in [-0.25, -0.2) is 0 Å². The van der Waals surface area contributed by atoms with Crippen molar-refractivity contribution < 1.29 is 4.79 Å². The molecule has 1 aliphatic rings. The molecule has 21 heavy (non-hydrogen) atoms. The van der Waals surface area contributed by atoms with Crippen LogP contribution >= 0.6 is 0 Å². The normalized spacial score (nSPS) is 17.0. The second-order valence-electron chi connectivity index (χ2n) is 7.20. The van der Waals surface area contributed by atoms with Crippen LogP contribution in [0.1, 0.15) is 32.8 Å². The lowest BCUT2D eigenvalue weighted by molar-refractivity contribution is -0.134. The molecule has 1 amide bonds. The van der Waals surface area contributed by atoms with E-state index in [1.165, 1.54) is 5.56 Å². The Labute approximate surface area is 128 Å². The predicted molar refractivity (Wildman–Crippen MR) is 87.2 cm³/mol. The summed E-state index contributed by atoms with van der Waals surface area (Å²) in [7, 11) is 0. The van der Waals surface area contributed by atoms with Crippen LogP contribution in [0.25, 0.3) is 0 Å². The standard InChI is InChI=1S/C18H28N2O/c1-18(2,3)15-17(21)20-13-11-19(12-14-20)10-9-16-7-5-4-6-8-16/h4-8H,9-15H2,1-3H3. The van der Waals surface area contributed by atoms with E-state index in [0.29, 0.717) is 12.3 Å². The first-order valence-electron chi connectivity index (χ1n) is 7.98. The molecule has 0 aliphatic carbocycles. The van der Waals surface area contributed by atoms with Crippen LogP contribution in [0.15, 0.2) is 30.3 Å². The van der Waals surface area contributed by atoms with Crippen molar-refractivity contribution >= 4 is 5.91 Å². The van der Waals surface area contributed by atoms with E-state index in [4.69, 9.17) is 0 Å². The highest BCUT2D eigenvalue weighted by atomic mass is 16.2. The van der Waals surface area contributed by atoms with E-state index < -0.39 is 0 Å². The first-order valence-corrected chi connectivity index (χ1v) is 7.98. The van der Waals surface area contributed by atoms with Gasteiger partial charge in [0.05, 0.1) is 0 Å². The Morgan fingerprint density at radius 1 is 1.05 bits per heavy atom. The van der Waals surface area contributed by atoms with E-state index in [0.717, 1.165) is 39.1 Å². The van der Waals surface area contributed by atoms with Crippen LogP contribution in [-0.2, 0) is 11.2 Å². The third kappa shape index (κ3) is 5.50. The van der Waals surface area contributed by atoms with Gasteiger partial charge < -0.3 is 4.90 Å². The monoisotopic (exact) mass is 288 g/mol. The molecule has 1 heterocycles. The minimum absolute atomic E-state index is 0.0848. The molecule has 3 nitrogen and oxygen atoms in total. The van der Waals surface area contributed by atoms with Crippen molar-refractivity contribution in [1.29, 1.82) is 0 Å². The number of benzene rings is 1. The second kappa shape index (κ2) is 7.08. The lowest BCUT2D eigenvalue weighted by Gasteiger charge is -2.36. The van der Waals surface area contributed by atoms with Crippen molar-refractivity contribution in [2.45, 2.75) is 33.6 Å². The van der Waals surface area contributed by atoms with E-state index in [1.807, 2.05) is 4.90 Å². The summed E-state index contributed by atoms with van der Waals surface area (Å²) in [6, 6.07) is 10.6. The molecule has 1 aromatic rings. The molecule has 1 saturated heterocycles. The molecule has 0 atom stereocenters. The minimum atomic E-state index is 0.0848. The summed E-state index contributed by atoms with van der Waals surface area (Å²) in [4.78, 5) is 16.7. The molecule has 0 unspecified atom stereocenters. The van der Waals surface area contributed by atoms with E-state index >= 15 is 0 Å². The molecule has 3 heteroatoms. The van der Waals surface area contributed by atoms with Crippen LogP contribution in [0.5, 0.6) is 0 Å². The van der Waals surface area contributed by atoms with Gasteiger partial charge in [-0.15, -0.1) is 0 Å². The number of piperazine rings is 1. The van der Waals surface area contributed by atoms with Gasteiger partial charge in [-0.1, -0.05) is 51.1 Å². The van der Waals surface area contributed by atoms with Gasteiger partial charge in [-0.2, -0.15) is 0 Å². The molecule has 2 rings (SSSR count). The predicted octanol–water partition coefficient (Wildman–Crippen LogP) is 2.81. The largest absolute Gasteiger partial charge is 0.340 e. The van der Waals surface area contributed by atoms with Crippen LogP contribution in [-0.4, -0.2) is 48.4 Å². The van der Waals surface area contributed by atoms with Gasteiger partial charge in [-0.05, 0) is 17.4 Å². The first kappa shape index (κ1) is 16.0. The van der Waals surface area contributed by atoms with Gasteiger partial charge in [-0.3, -0.25) is 9.69 Å². The molecule has 1 aromatic carbocycles. The molecule has 116 valence electrons. The van der Waals surface area contributed by atoms with E-state index in [9.17, 15) is 4.79 Å². The van der Waals surface area contributed by atoms with Crippen molar-refractivity contribution in [3.63, 3.8) is 0 Å². The van der Waals surface area contributed by atoms with Gasteiger partial charge in [0.1, 0.15) is 0 Å². The van der Waals surface area contributed by atoms with Crippen LogP contribution in [0.4, 0.5) is 0 Å². The van der Waals surface area contributed by atoms with Crippen molar-refractivity contribution in [2.75, 3.05) is 32.7 Å². The van der Waals surface area contributed by atoms with Gasteiger partial charge in [0, 0.05) is 39.1 Å². The lowest BCUT2D eigenvalue weighted by atomic mass is 9.91. The Bertz CT molecular complexity index is 442. The number of hydrogen-bond acceptors (Lipinski definition) is 2. The molecule has 1 aliphatic heterocycles. The highest BCUT2D eigenvalue weighted by Crippen LogP contribution is 2.20. The van der Waals surface area contributed by atoms with Crippen molar-refractivity contribution in [3.8, 4) is 0 Å². The Hall–Kier alpha value is -1.35. The Morgan fingerprint density at radius 2 is 1.67 bits per heavy atom. The quantitative estimate of drug-likeness (QED) is 0.850. The summed E-state index contributed by atoms with van der Waals surface area (Å²) < 4.78 is 0. The topological polar surface area (TPSA) is 23.6 Å². The van der Waals surface area contributed by atoms with Gasteiger partial charge >= 0.3 is 0 Å². The summed E-state index contributed by atoms with van der Waals surface area (Å²) in [5, 5.41) is 0. The third-order valence-electron chi connectivity index (χ3n) is 3.97. The highest BCUT2D eigenvalue weighted by Gasteiger charge is 2.24. The molecule has 0 bridgehead atoms. The number of nitrogens with zero attached hydrogens (tertiary/aromatic N) is 2. The maximum atomic E-state index is 12.2. The number of amides is 1. The first-order chi connectivity index (χ1) is 9.94. The summed E-state index contributed by atoms with van der Waals surface area (Å²) in [6.45, 7) is 11.2. The fourth-order valence-corrected chi connectivity index (χ4v) is 2.72. The summed E-state index contributed by atoms with van der Waals surface area (Å²) in [5.41, 5.74) is 1.48. The fraction of sp³-hybridized carbons (Fsp3) is 0.611. The number of hydrogen-bond donors (Lipinski definition) is 0. The molecule has 0 N–H and O–H groups in total. The number of rotatable bonds is 4. The zero-order chi connectivity index (χ0) is 15.3. The SMILES string of the molecule is CC(C)(C)CC(=O)N1CCN(CCc2ccccc2)CC1. The smallest absolute Gasteiger partial charge is 0.223 e. The summed E-state index contributed by atoms with van der Waals surface area (Å²) >= 11 is 0. The second-order valence-corrected chi connectivity index (χ2v) is 7.20. The molecular weight excluding hydrogens is 260 g/mol. The minimum Gasteiger partial charge on any atom is -0.340 e. The van der Waals surface area contributed by atoms with Gasteiger partial charge in [0.15, 0.2) is 0 Å². The van der Waals surface area contributed by atoms with Gasteiger partial charge in [0.25, 0.3) is 0 Å². The zero-order valence-corrected chi connectivity index (χ0v) is 13.6. The molecule has 1 fully saturated rings. The molecule has 0 radical (unpaired) electrons. The Balaban J connectivity index is 1.72. The maximum Gasteiger partial charge on any atom is 0.223 e. The Morgan fingerprint density at radius 3 is 2.24 bits per heavy atom. The molecule has 0 aromatic heterocycles. The average Bonchev–Trinajstić information content (AvgIpc) is 2.45. The van der Waals surface area contributed by atoms with Crippen LogP contribution in [0.3, 0.4) is 0 Å². The Kier molecular flexibility index (Phi) is 5.40. The number of carbonyl (C=O) groups is 1. The van der Waals surface area contributed by atoms with Crippen LogP contribution in [0, 0.1) is 5.41 Å². The van der Waals surface area contributed by atoms with Crippen molar-refractivity contribution in [2.24, 2.45) is 5.41 Å². The summed E-state index contributed by atoms with van der Waals surface area (Å²) in [5.74, 6) is 0.310. The van der Waals surface area contributed by atoms with E-state index in [2.05, 4.69) is 56.0 Å². The van der Waals surface area contributed by atoms with Crippen molar-refractivity contribution in [1.82, 2.24) is 9.80 Å². The van der Waals surface area contributed by atoms with E-state index in [-0.39, 0.29) is 5.41 Å². The highest BCUT2D eigenvalue weighted by molar-refractivity contribution is 5.76. The molecule has 0 spiro atoms. The molecular formula is C18H28N2O. The maximum absolute atomic E-state index is 12.2. The van der Waals surface area contributed by atoms with Gasteiger partial charge in [0.2, 0.25) is 5.91 Å². The van der Waals surface area contributed by atoms with E-state index in [1.54, 1.807) is 0 Å². The zero-order valence-electron chi connectivity index (χ0n) is 13.6. The van der Waals surface area contributed by atoms with Crippen LogP contribution in [0.2, 0.25) is 0 Å². The lowest BCUT2D eigenvalue weighted by Crippen LogP contribution is -2.49. The number of carbonyl (C=O) groups excluding carboxylic acids is 1. The average molecular weight is 288 g/mol. The third-order valence-corrected chi connectivity index (χ3v) is 3.97. The molecule has 0 saturated carbocycles. The summed E-state index contributed by atoms with van der Waals surface area (Å²) in [6.07, 6.45) is 1.74. The fourth-order valence-electron chi connectivity index (χ4n) is 2.72.